The molecule has 2 nitrogen and oxygen atoms in total. The third-order valence-electron chi connectivity index (χ3n) is 2.96. The maximum Gasteiger partial charge on any atom is 0.114 e. The van der Waals surface area contributed by atoms with Crippen LogP contribution >= 0.6 is 22.9 Å². The Balaban J connectivity index is 2.32. The second-order valence-electron chi connectivity index (χ2n) is 4.74. The van der Waals surface area contributed by atoms with E-state index in [1.807, 2.05) is 25.1 Å². The highest BCUT2D eigenvalue weighted by Gasteiger charge is 2.16. The van der Waals surface area contributed by atoms with Crippen LogP contribution in [0.5, 0.6) is 0 Å². The van der Waals surface area contributed by atoms with Crippen molar-refractivity contribution in [1.82, 2.24) is 4.98 Å². The van der Waals surface area contributed by atoms with Gasteiger partial charge in [0.1, 0.15) is 5.01 Å². The van der Waals surface area contributed by atoms with Gasteiger partial charge in [0.2, 0.25) is 0 Å². The molecule has 0 saturated carbocycles. The Kier molecular flexibility index (Phi) is 4.05. The molecular weight excluding hydrogens is 264 g/mol. The van der Waals surface area contributed by atoms with Gasteiger partial charge in [-0.2, -0.15) is 0 Å². The fourth-order valence-corrected chi connectivity index (χ4v) is 3.05. The Labute approximate surface area is 117 Å². The van der Waals surface area contributed by atoms with Gasteiger partial charge in [-0.25, -0.2) is 4.98 Å². The van der Waals surface area contributed by atoms with Gasteiger partial charge in [-0.3, -0.25) is 0 Å². The lowest BCUT2D eigenvalue weighted by Crippen LogP contribution is -2.13. The van der Waals surface area contributed by atoms with E-state index >= 15 is 0 Å². The van der Waals surface area contributed by atoms with E-state index in [2.05, 4.69) is 24.2 Å². The number of nitrogens with zero attached hydrogens (tertiary/aromatic N) is 1. The second kappa shape index (κ2) is 5.39. The van der Waals surface area contributed by atoms with Crippen LogP contribution in [0.2, 0.25) is 5.02 Å². The molecular formula is C14H17ClN2S. The summed E-state index contributed by atoms with van der Waals surface area (Å²) in [6.07, 6.45) is 0. The molecule has 1 atom stereocenters. The number of rotatable bonds is 3. The smallest absolute Gasteiger partial charge is 0.114 e. The summed E-state index contributed by atoms with van der Waals surface area (Å²) in [4.78, 5) is 4.61. The summed E-state index contributed by atoms with van der Waals surface area (Å²) in [6, 6.07) is 5.63. The summed E-state index contributed by atoms with van der Waals surface area (Å²) < 4.78 is 0. The molecule has 2 N–H and O–H groups in total. The molecule has 1 aromatic heterocycles. The molecule has 1 unspecified atom stereocenters. The zero-order valence-corrected chi connectivity index (χ0v) is 12.3. The van der Waals surface area contributed by atoms with Crippen molar-refractivity contribution in [2.24, 2.45) is 5.73 Å². The van der Waals surface area contributed by atoms with Crippen LogP contribution in [0.25, 0.3) is 0 Å². The summed E-state index contributed by atoms with van der Waals surface area (Å²) in [6.45, 7) is 6.30. The van der Waals surface area contributed by atoms with Gasteiger partial charge in [0.05, 0.1) is 11.7 Å². The minimum absolute atomic E-state index is 0.167. The van der Waals surface area contributed by atoms with Gasteiger partial charge in [0.25, 0.3) is 0 Å². The van der Waals surface area contributed by atoms with Crippen LogP contribution in [-0.2, 0) is 0 Å². The topological polar surface area (TPSA) is 38.9 Å². The van der Waals surface area contributed by atoms with Crippen molar-refractivity contribution in [2.75, 3.05) is 0 Å². The van der Waals surface area contributed by atoms with Crippen molar-refractivity contribution in [1.29, 1.82) is 0 Å². The molecule has 1 heterocycles. The Morgan fingerprint density at radius 2 is 2.06 bits per heavy atom. The van der Waals surface area contributed by atoms with Crippen LogP contribution in [0.1, 0.15) is 47.6 Å². The van der Waals surface area contributed by atoms with Crippen molar-refractivity contribution in [2.45, 2.75) is 32.7 Å². The number of aromatic nitrogens is 1. The number of benzene rings is 1. The highest BCUT2D eigenvalue weighted by molar-refractivity contribution is 7.09. The third kappa shape index (κ3) is 2.74. The number of thiazole rings is 1. The molecule has 0 amide bonds. The van der Waals surface area contributed by atoms with Gasteiger partial charge in [-0.05, 0) is 36.1 Å². The van der Waals surface area contributed by atoms with Crippen LogP contribution in [0.4, 0.5) is 0 Å². The number of halogens is 1. The molecule has 0 saturated heterocycles. The van der Waals surface area contributed by atoms with Crippen molar-refractivity contribution < 1.29 is 0 Å². The van der Waals surface area contributed by atoms with Gasteiger partial charge in [0, 0.05) is 10.4 Å². The van der Waals surface area contributed by atoms with E-state index in [1.165, 1.54) is 0 Å². The van der Waals surface area contributed by atoms with Crippen LogP contribution < -0.4 is 5.73 Å². The molecule has 0 aliphatic heterocycles. The predicted molar refractivity (Wildman–Crippen MR) is 78.4 cm³/mol. The second-order valence-corrected chi connectivity index (χ2v) is 6.07. The van der Waals surface area contributed by atoms with Crippen LogP contribution in [0.3, 0.4) is 0 Å². The Morgan fingerprint density at radius 1 is 1.33 bits per heavy atom. The molecule has 1 aromatic carbocycles. The van der Waals surface area contributed by atoms with Crippen LogP contribution in [0, 0.1) is 6.92 Å². The molecule has 0 aliphatic carbocycles. The van der Waals surface area contributed by atoms with Gasteiger partial charge >= 0.3 is 0 Å². The molecule has 2 rings (SSSR count). The lowest BCUT2D eigenvalue weighted by molar-refractivity contribution is 0.793. The highest BCUT2D eigenvalue weighted by Crippen LogP contribution is 2.28. The minimum atomic E-state index is -0.167. The van der Waals surface area contributed by atoms with Crippen molar-refractivity contribution in [3.05, 3.63) is 50.4 Å². The first-order valence-corrected chi connectivity index (χ1v) is 7.21. The summed E-state index contributed by atoms with van der Waals surface area (Å²) >= 11 is 7.58. The zero-order chi connectivity index (χ0) is 13.3. The number of hydrogen-bond donors (Lipinski definition) is 1. The van der Waals surface area contributed by atoms with Gasteiger partial charge < -0.3 is 5.73 Å². The molecule has 18 heavy (non-hydrogen) atoms. The molecule has 0 fully saturated rings. The number of nitrogens with two attached hydrogens (primary N) is 1. The largest absolute Gasteiger partial charge is 0.318 e. The van der Waals surface area contributed by atoms with E-state index in [1.54, 1.807) is 11.3 Å². The maximum atomic E-state index is 6.29. The first-order valence-electron chi connectivity index (χ1n) is 5.96. The van der Waals surface area contributed by atoms with E-state index in [9.17, 15) is 0 Å². The maximum absolute atomic E-state index is 6.29. The van der Waals surface area contributed by atoms with Crippen molar-refractivity contribution in [3.63, 3.8) is 0 Å². The Hall–Kier alpha value is -0.900. The fraction of sp³-hybridized carbons (Fsp3) is 0.357. The highest BCUT2D eigenvalue weighted by atomic mass is 35.5. The predicted octanol–water partition coefficient (Wildman–Crippen LogP) is 4.28. The average molecular weight is 281 g/mol. The van der Waals surface area contributed by atoms with Gasteiger partial charge in [-0.1, -0.05) is 31.5 Å². The lowest BCUT2D eigenvalue weighted by Gasteiger charge is -2.12. The normalized spacial score (nSPS) is 13.0. The van der Waals surface area contributed by atoms with E-state index in [0.717, 1.165) is 26.9 Å². The first-order chi connectivity index (χ1) is 8.49. The summed E-state index contributed by atoms with van der Waals surface area (Å²) in [5.41, 5.74) is 9.59. The fourth-order valence-electron chi connectivity index (χ4n) is 1.83. The van der Waals surface area contributed by atoms with E-state index in [-0.39, 0.29) is 6.04 Å². The summed E-state index contributed by atoms with van der Waals surface area (Å²) in [5.74, 6) is 0.438. The third-order valence-corrected chi connectivity index (χ3v) is 4.15. The number of aryl methyl sites for hydroxylation is 1. The van der Waals surface area contributed by atoms with Gasteiger partial charge in [-0.15, -0.1) is 11.3 Å². The zero-order valence-electron chi connectivity index (χ0n) is 10.8. The number of hydrogen-bond acceptors (Lipinski definition) is 3. The summed E-state index contributed by atoms with van der Waals surface area (Å²) in [7, 11) is 0. The molecule has 2 aromatic rings. The van der Waals surface area contributed by atoms with Crippen molar-refractivity contribution >= 4 is 22.9 Å². The van der Waals surface area contributed by atoms with E-state index < -0.39 is 0 Å². The first kappa shape index (κ1) is 13.5. The van der Waals surface area contributed by atoms with Crippen LogP contribution in [-0.4, -0.2) is 4.98 Å². The Bertz CT molecular complexity index is 548. The lowest BCUT2D eigenvalue weighted by atomic mass is 10.0. The molecule has 0 aliphatic rings. The minimum Gasteiger partial charge on any atom is -0.318 e. The monoisotopic (exact) mass is 280 g/mol. The molecule has 0 radical (unpaired) electrons. The van der Waals surface area contributed by atoms with E-state index in [0.29, 0.717) is 5.92 Å². The standard InChI is InChI=1S/C14H17ClN2S/c1-8(2)12-7-18-14(17-12)13(16)11-5-4-10(15)6-9(11)3/h4-8,13H,16H2,1-3H3. The molecule has 0 bridgehead atoms. The quantitative estimate of drug-likeness (QED) is 0.911. The molecule has 96 valence electrons. The SMILES string of the molecule is Cc1cc(Cl)ccc1C(N)c1nc(C(C)C)cs1. The molecule has 0 spiro atoms. The molecule has 4 heteroatoms. The Morgan fingerprint density at radius 3 is 2.61 bits per heavy atom. The average Bonchev–Trinajstić information content (AvgIpc) is 2.77. The van der Waals surface area contributed by atoms with E-state index in [4.69, 9.17) is 17.3 Å². The van der Waals surface area contributed by atoms with Crippen molar-refractivity contribution in [3.8, 4) is 0 Å². The van der Waals surface area contributed by atoms with Gasteiger partial charge in [0.15, 0.2) is 0 Å². The van der Waals surface area contributed by atoms with Crippen LogP contribution in [0.15, 0.2) is 23.6 Å². The summed E-state index contributed by atoms with van der Waals surface area (Å²) in [5, 5.41) is 3.79.